The highest BCUT2D eigenvalue weighted by molar-refractivity contribution is 5.73. The standard InChI is InChI=1S/C22H23N7.C2HF3O2/c1-28-14-19(12-26-28)16-3-2-4-17(9-16)22-24-10-18(11-25-22)20-13-27-29(15-20)21-5-7-23-8-6-21;3-2(4,5)1(6)7/h2-4,9-15,21,23H,5-8H2,1H3;(H,6,7). The van der Waals surface area contributed by atoms with E-state index in [9.17, 15) is 13.2 Å². The number of nitrogens with one attached hydrogen (secondary N) is 1. The molecule has 12 heteroatoms. The predicted molar refractivity (Wildman–Crippen MR) is 126 cm³/mol. The van der Waals surface area contributed by atoms with Crippen LogP contribution in [-0.4, -0.2) is 59.9 Å². The smallest absolute Gasteiger partial charge is 0.475 e. The first-order valence-electron chi connectivity index (χ1n) is 11.2. The summed E-state index contributed by atoms with van der Waals surface area (Å²) >= 11 is 0. The first kappa shape index (κ1) is 25.0. The SMILES string of the molecule is Cn1cc(-c2cccc(-c3ncc(-c4cnn(C5CCNCC5)c4)cn3)c2)cn1.O=C(O)C(F)(F)F. The number of benzene rings is 1. The van der Waals surface area contributed by atoms with E-state index in [0.717, 1.165) is 53.7 Å². The second-order valence-corrected chi connectivity index (χ2v) is 8.27. The molecule has 188 valence electrons. The molecule has 5 rings (SSSR count). The van der Waals surface area contributed by atoms with Crippen molar-refractivity contribution < 1.29 is 23.1 Å². The van der Waals surface area contributed by atoms with Gasteiger partial charge >= 0.3 is 12.1 Å². The summed E-state index contributed by atoms with van der Waals surface area (Å²) in [4.78, 5) is 18.1. The van der Waals surface area contributed by atoms with Crippen LogP contribution in [0.25, 0.3) is 33.6 Å². The Hall–Kier alpha value is -4.06. The van der Waals surface area contributed by atoms with Crippen molar-refractivity contribution in [3.05, 3.63) is 61.4 Å². The third-order valence-electron chi connectivity index (χ3n) is 5.67. The van der Waals surface area contributed by atoms with Crippen molar-refractivity contribution in [1.82, 2.24) is 34.8 Å². The van der Waals surface area contributed by atoms with Crippen LogP contribution < -0.4 is 5.32 Å². The molecule has 0 saturated carbocycles. The van der Waals surface area contributed by atoms with E-state index in [2.05, 4.69) is 48.5 Å². The fourth-order valence-corrected chi connectivity index (χ4v) is 3.79. The minimum Gasteiger partial charge on any atom is -0.475 e. The van der Waals surface area contributed by atoms with Crippen LogP contribution in [0.2, 0.25) is 0 Å². The highest BCUT2D eigenvalue weighted by Gasteiger charge is 2.38. The lowest BCUT2D eigenvalue weighted by molar-refractivity contribution is -0.192. The minimum atomic E-state index is -5.08. The van der Waals surface area contributed by atoms with Crippen LogP contribution >= 0.6 is 0 Å². The molecule has 1 fully saturated rings. The van der Waals surface area contributed by atoms with E-state index in [1.54, 1.807) is 4.68 Å². The largest absolute Gasteiger partial charge is 0.490 e. The van der Waals surface area contributed by atoms with Crippen molar-refractivity contribution >= 4 is 5.97 Å². The van der Waals surface area contributed by atoms with Gasteiger partial charge < -0.3 is 10.4 Å². The average molecular weight is 499 g/mol. The van der Waals surface area contributed by atoms with Gasteiger partial charge in [-0.2, -0.15) is 23.4 Å². The highest BCUT2D eigenvalue weighted by Crippen LogP contribution is 2.26. The molecule has 9 nitrogen and oxygen atoms in total. The van der Waals surface area contributed by atoms with Crippen LogP contribution in [-0.2, 0) is 11.8 Å². The Bertz CT molecular complexity index is 1310. The van der Waals surface area contributed by atoms with E-state index in [1.807, 2.05) is 50.2 Å². The zero-order valence-electron chi connectivity index (χ0n) is 19.4. The summed E-state index contributed by atoms with van der Waals surface area (Å²) in [5, 5.41) is 19.3. The Balaban J connectivity index is 0.000000384. The summed E-state index contributed by atoms with van der Waals surface area (Å²) in [5.41, 5.74) is 5.21. The summed E-state index contributed by atoms with van der Waals surface area (Å²) in [5.74, 6) is -2.04. The number of aromatic nitrogens is 6. The molecule has 1 aromatic carbocycles. The molecule has 0 amide bonds. The summed E-state index contributed by atoms with van der Waals surface area (Å²) in [6.45, 7) is 2.10. The van der Waals surface area contributed by atoms with E-state index >= 15 is 0 Å². The Labute approximate surface area is 204 Å². The second kappa shape index (κ2) is 10.7. The molecule has 0 atom stereocenters. The van der Waals surface area contributed by atoms with Crippen LogP contribution in [0.15, 0.2) is 61.4 Å². The maximum absolute atomic E-state index is 10.6. The van der Waals surface area contributed by atoms with Crippen molar-refractivity contribution in [3.8, 4) is 33.6 Å². The lowest BCUT2D eigenvalue weighted by atomic mass is 10.1. The van der Waals surface area contributed by atoms with Crippen LogP contribution in [0.4, 0.5) is 13.2 Å². The molecule has 4 heterocycles. The molecule has 1 aliphatic rings. The Morgan fingerprint density at radius 2 is 1.56 bits per heavy atom. The monoisotopic (exact) mass is 499 g/mol. The molecular formula is C24H24F3N7O2. The predicted octanol–water partition coefficient (Wildman–Crippen LogP) is 3.97. The number of piperidine rings is 1. The quantitative estimate of drug-likeness (QED) is 0.437. The summed E-state index contributed by atoms with van der Waals surface area (Å²) in [6, 6.07) is 8.70. The first-order valence-corrected chi connectivity index (χ1v) is 11.2. The maximum Gasteiger partial charge on any atom is 0.490 e. The van der Waals surface area contributed by atoms with Gasteiger partial charge in [0.25, 0.3) is 0 Å². The second-order valence-electron chi connectivity index (χ2n) is 8.27. The molecule has 2 N–H and O–H groups in total. The van der Waals surface area contributed by atoms with Crippen LogP contribution in [0.5, 0.6) is 0 Å². The molecule has 0 unspecified atom stereocenters. The number of hydrogen-bond acceptors (Lipinski definition) is 6. The van der Waals surface area contributed by atoms with Gasteiger partial charge in [-0.25, -0.2) is 14.8 Å². The van der Waals surface area contributed by atoms with Gasteiger partial charge in [-0.3, -0.25) is 9.36 Å². The Kier molecular flexibility index (Phi) is 7.44. The Morgan fingerprint density at radius 3 is 2.17 bits per heavy atom. The zero-order valence-corrected chi connectivity index (χ0v) is 19.4. The number of alkyl halides is 3. The lowest BCUT2D eigenvalue weighted by Gasteiger charge is -2.22. The molecule has 0 radical (unpaired) electrons. The molecule has 4 aromatic rings. The first-order chi connectivity index (χ1) is 17.2. The van der Waals surface area contributed by atoms with Crippen LogP contribution in [0.1, 0.15) is 18.9 Å². The van der Waals surface area contributed by atoms with Crippen molar-refractivity contribution in [2.75, 3.05) is 13.1 Å². The minimum absolute atomic E-state index is 0.473. The molecule has 1 aliphatic heterocycles. The third kappa shape index (κ3) is 6.13. The molecule has 3 aromatic heterocycles. The number of rotatable bonds is 4. The Morgan fingerprint density at radius 1 is 0.944 bits per heavy atom. The lowest BCUT2D eigenvalue weighted by Crippen LogP contribution is -2.29. The summed E-state index contributed by atoms with van der Waals surface area (Å²) < 4.78 is 35.6. The molecule has 0 aliphatic carbocycles. The van der Waals surface area contributed by atoms with Crippen LogP contribution in [0.3, 0.4) is 0 Å². The van der Waals surface area contributed by atoms with Gasteiger partial charge in [-0.05, 0) is 37.6 Å². The molecule has 0 spiro atoms. The maximum atomic E-state index is 10.6. The average Bonchev–Trinajstić information content (AvgIpc) is 3.54. The van der Waals surface area contributed by atoms with Crippen LogP contribution in [0, 0.1) is 0 Å². The van der Waals surface area contributed by atoms with Crippen molar-refractivity contribution in [2.24, 2.45) is 7.05 Å². The van der Waals surface area contributed by atoms with E-state index in [1.165, 1.54) is 0 Å². The number of carbonyl (C=O) groups is 1. The van der Waals surface area contributed by atoms with Gasteiger partial charge in [-0.15, -0.1) is 0 Å². The van der Waals surface area contributed by atoms with E-state index in [0.29, 0.717) is 11.9 Å². The molecule has 36 heavy (non-hydrogen) atoms. The number of carboxylic acids is 1. The van der Waals surface area contributed by atoms with Gasteiger partial charge in [0.1, 0.15) is 0 Å². The number of nitrogens with zero attached hydrogens (tertiary/aromatic N) is 6. The number of aliphatic carboxylic acids is 1. The molecule has 1 saturated heterocycles. The number of halogens is 3. The third-order valence-corrected chi connectivity index (χ3v) is 5.67. The number of hydrogen-bond donors (Lipinski definition) is 2. The fraction of sp³-hybridized carbons (Fsp3) is 0.292. The van der Waals surface area contributed by atoms with E-state index in [-0.39, 0.29) is 0 Å². The summed E-state index contributed by atoms with van der Waals surface area (Å²) in [7, 11) is 1.92. The van der Waals surface area contributed by atoms with Crippen molar-refractivity contribution in [2.45, 2.75) is 25.1 Å². The zero-order chi connectivity index (χ0) is 25.7. The van der Waals surface area contributed by atoms with Crippen molar-refractivity contribution in [3.63, 3.8) is 0 Å². The van der Waals surface area contributed by atoms with Gasteiger partial charge in [0, 0.05) is 54.1 Å². The van der Waals surface area contributed by atoms with Gasteiger partial charge in [0.15, 0.2) is 5.82 Å². The topological polar surface area (TPSA) is 111 Å². The summed E-state index contributed by atoms with van der Waals surface area (Å²) in [6.07, 6.45) is 8.78. The normalized spacial score (nSPS) is 14.2. The van der Waals surface area contributed by atoms with E-state index in [4.69, 9.17) is 9.90 Å². The fourth-order valence-electron chi connectivity index (χ4n) is 3.79. The highest BCUT2D eigenvalue weighted by atomic mass is 19.4. The van der Waals surface area contributed by atoms with Gasteiger partial charge in [0.05, 0.1) is 18.4 Å². The molecule has 0 bridgehead atoms. The van der Waals surface area contributed by atoms with Gasteiger partial charge in [-0.1, -0.05) is 18.2 Å². The number of carboxylic acid groups (broad SMARTS) is 1. The van der Waals surface area contributed by atoms with Crippen molar-refractivity contribution in [1.29, 1.82) is 0 Å². The van der Waals surface area contributed by atoms with Gasteiger partial charge in [0.2, 0.25) is 0 Å². The number of aryl methyl sites for hydroxylation is 1. The van der Waals surface area contributed by atoms with E-state index < -0.39 is 12.1 Å². The molecular weight excluding hydrogens is 475 g/mol.